The molecule has 0 unspecified atom stereocenters. The summed E-state index contributed by atoms with van der Waals surface area (Å²) in [6.07, 6.45) is 2.70. The zero-order chi connectivity index (χ0) is 26.9. The summed E-state index contributed by atoms with van der Waals surface area (Å²) in [6, 6.07) is 10.1. The number of carbonyl (C=O) groups excluding carboxylic acids is 2. The van der Waals surface area contributed by atoms with E-state index >= 15 is 0 Å². The summed E-state index contributed by atoms with van der Waals surface area (Å²) in [7, 11) is 0. The maximum atomic E-state index is 14.8. The van der Waals surface area contributed by atoms with E-state index < -0.39 is 29.0 Å². The van der Waals surface area contributed by atoms with E-state index in [9.17, 15) is 23.2 Å². The molecule has 12 heteroatoms. The number of hydrogen-bond donors (Lipinski definition) is 2. The SMILES string of the molecule is Cc1c(Br)cn(-c2ccc(F)cc2)c(=O)c1C(=O)Nc1ccc(Oc2ccnc(C(N)=O)c2Cl)c(F)c1. The lowest BCUT2D eigenvalue weighted by Crippen LogP contribution is -2.30. The van der Waals surface area contributed by atoms with Crippen molar-refractivity contribution in [2.75, 3.05) is 5.32 Å². The predicted molar refractivity (Wildman–Crippen MR) is 137 cm³/mol. The number of pyridine rings is 2. The second kappa shape index (κ2) is 10.5. The molecule has 37 heavy (non-hydrogen) atoms. The first-order valence-electron chi connectivity index (χ1n) is 10.5. The summed E-state index contributed by atoms with van der Waals surface area (Å²) in [6.45, 7) is 1.58. The average molecular weight is 590 g/mol. The summed E-state index contributed by atoms with van der Waals surface area (Å²) < 4.78 is 35.2. The van der Waals surface area contributed by atoms with Gasteiger partial charge in [-0.2, -0.15) is 0 Å². The van der Waals surface area contributed by atoms with E-state index in [0.717, 1.165) is 6.07 Å². The standard InChI is InChI=1S/C25H16BrClF2N4O4/c1-12-16(26)11-33(15-5-2-13(28)3-6-15)25(36)20(12)24(35)32-14-4-7-18(17(29)10-14)37-19-8-9-31-22(21(19)27)23(30)34/h2-11H,1H3,(H2,30,34)(H,32,35). The van der Waals surface area contributed by atoms with Gasteiger partial charge >= 0.3 is 0 Å². The minimum atomic E-state index is -0.879. The Balaban J connectivity index is 1.62. The molecule has 2 amide bonds. The summed E-state index contributed by atoms with van der Waals surface area (Å²) in [5.41, 5.74) is 4.87. The number of halogens is 4. The second-order valence-corrected chi connectivity index (χ2v) is 8.90. The molecule has 8 nitrogen and oxygen atoms in total. The highest BCUT2D eigenvalue weighted by Crippen LogP contribution is 2.33. The number of benzene rings is 2. The topological polar surface area (TPSA) is 116 Å². The van der Waals surface area contributed by atoms with Gasteiger partial charge in [-0.1, -0.05) is 11.6 Å². The lowest BCUT2D eigenvalue weighted by Gasteiger charge is -2.14. The number of amides is 2. The highest BCUT2D eigenvalue weighted by atomic mass is 79.9. The molecular weight excluding hydrogens is 574 g/mol. The van der Waals surface area contributed by atoms with Crippen LogP contribution in [0.4, 0.5) is 14.5 Å². The van der Waals surface area contributed by atoms with Gasteiger partial charge in [0.2, 0.25) is 0 Å². The molecule has 0 atom stereocenters. The molecular formula is C25H16BrClF2N4O4. The third kappa shape index (κ3) is 5.37. The summed E-state index contributed by atoms with van der Waals surface area (Å²) in [5.74, 6) is -3.30. The van der Waals surface area contributed by atoms with Gasteiger partial charge in [0.25, 0.3) is 17.4 Å². The van der Waals surface area contributed by atoms with Crippen LogP contribution < -0.4 is 21.3 Å². The van der Waals surface area contributed by atoms with Crippen molar-refractivity contribution in [2.24, 2.45) is 5.73 Å². The molecule has 0 aliphatic heterocycles. The Labute approximate surface area is 221 Å². The Morgan fingerprint density at radius 1 is 1.11 bits per heavy atom. The van der Waals surface area contributed by atoms with E-state index in [1.54, 1.807) is 6.92 Å². The number of aromatic nitrogens is 2. The van der Waals surface area contributed by atoms with Crippen LogP contribution in [-0.2, 0) is 0 Å². The largest absolute Gasteiger partial charge is 0.453 e. The van der Waals surface area contributed by atoms with Gasteiger partial charge in [0.05, 0.1) is 0 Å². The molecule has 0 spiro atoms. The van der Waals surface area contributed by atoms with Gasteiger partial charge in [0, 0.05) is 40.4 Å². The van der Waals surface area contributed by atoms with E-state index in [4.69, 9.17) is 22.1 Å². The van der Waals surface area contributed by atoms with E-state index in [1.807, 2.05) is 0 Å². The Morgan fingerprint density at radius 2 is 1.81 bits per heavy atom. The third-order valence-electron chi connectivity index (χ3n) is 5.24. The molecule has 188 valence electrons. The zero-order valence-electron chi connectivity index (χ0n) is 18.9. The molecule has 0 radical (unpaired) electrons. The second-order valence-electron chi connectivity index (χ2n) is 7.67. The summed E-state index contributed by atoms with van der Waals surface area (Å²) in [5, 5.41) is 2.31. The molecule has 0 fully saturated rings. The van der Waals surface area contributed by atoms with Crippen LogP contribution >= 0.6 is 27.5 Å². The van der Waals surface area contributed by atoms with Crippen molar-refractivity contribution < 1.29 is 23.1 Å². The Hall–Kier alpha value is -4.09. The third-order valence-corrected chi connectivity index (χ3v) is 6.40. The minimum Gasteiger partial charge on any atom is -0.453 e. The van der Waals surface area contributed by atoms with Crippen LogP contribution in [0.1, 0.15) is 26.4 Å². The van der Waals surface area contributed by atoms with E-state index in [0.29, 0.717) is 15.7 Å². The zero-order valence-corrected chi connectivity index (χ0v) is 21.2. The van der Waals surface area contributed by atoms with Crippen LogP contribution in [0.25, 0.3) is 5.69 Å². The van der Waals surface area contributed by atoms with Crippen LogP contribution in [-0.4, -0.2) is 21.4 Å². The number of ether oxygens (including phenoxy) is 1. The lowest BCUT2D eigenvalue weighted by molar-refractivity contribution is 0.0993. The number of nitrogens with zero attached hydrogens (tertiary/aromatic N) is 2. The van der Waals surface area contributed by atoms with Crippen molar-refractivity contribution in [3.8, 4) is 17.2 Å². The number of rotatable bonds is 6. The van der Waals surface area contributed by atoms with Gasteiger partial charge in [0.1, 0.15) is 27.8 Å². The molecule has 2 aromatic carbocycles. The van der Waals surface area contributed by atoms with Gasteiger partial charge in [-0.05, 0) is 64.8 Å². The van der Waals surface area contributed by atoms with Crippen LogP contribution in [0.3, 0.4) is 0 Å². The smallest absolute Gasteiger partial charge is 0.268 e. The summed E-state index contributed by atoms with van der Waals surface area (Å²) in [4.78, 5) is 41.3. The number of carbonyl (C=O) groups is 2. The number of anilines is 1. The van der Waals surface area contributed by atoms with Gasteiger partial charge in [-0.15, -0.1) is 0 Å². The Morgan fingerprint density at radius 3 is 2.46 bits per heavy atom. The maximum absolute atomic E-state index is 14.8. The van der Waals surface area contributed by atoms with Gasteiger partial charge in [-0.3, -0.25) is 19.0 Å². The number of primary amides is 1. The molecule has 0 saturated heterocycles. The van der Waals surface area contributed by atoms with Crippen LogP contribution in [0.2, 0.25) is 5.02 Å². The van der Waals surface area contributed by atoms with Gasteiger partial charge in [0.15, 0.2) is 11.6 Å². The monoisotopic (exact) mass is 588 g/mol. The molecule has 2 heterocycles. The first-order chi connectivity index (χ1) is 17.6. The van der Waals surface area contributed by atoms with Crippen LogP contribution in [0, 0.1) is 18.6 Å². The molecule has 0 aliphatic rings. The maximum Gasteiger partial charge on any atom is 0.268 e. The van der Waals surface area contributed by atoms with E-state index in [1.165, 1.54) is 59.4 Å². The molecule has 0 saturated carbocycles. The van der Waals surface area contributed by atoms with Gasteiger partial charge in [-0.25, -0.2) is 13.8 Å². The molecule has 3 N–H and O–H groups in total. The fraction of sp³-hybridized carbons (Fsp3) is 0.0400. The highest BCUT2D eigenvalue weighted by Gasteiger charge is 2.21. The minimum absolute atomic E-state index is 0.0422. The quantitative estimate of drug-likeness (QED) is 0.313. The molecule has 4 rings (SSSR count). The number of nitrogens with two attached hydrogens (primary N) is 1. The fourth-order valence-corrected chi connectivity index (χ4v) is 4.03. The van der Waals surface area contributed by atoms with Crippen molar-refractivity contribution in [3.05, 3.63) is 109 Å². The van der Waals surface area contributed by atoms with Gasteiger partial charge < -0.3 is 15.8 Å². The normalized spacial score (nSPS) is 10.7. The number of nitrogens with one attached hydrogen (secondary N) is 1. The van der Waals surface area contributed by atoms with E-state index in [-0.39, 0.29) is 33.5 Å². The van der Waals surface area contributed by atoms with Crippen LogP contribution in [0.15, 0.2) is 70.2 Å². The Bertz CT molecular complexity index is 1610. The first-order valence-corrected chi connectivity index (χ1v) is 11.6. The molecule has 2 aromatic heterocycles. The predicted octanol–water partition coefficient (Wildman–Crippen LogP) is 5.38. The fourth-order valence-electron chi connectivity index (χ4n) is 3.38. The average Bonchev–Trinajstić information content (AvgIpc) is 2.85. The summed E-state index contributed by atoms with van der Waals surface area (Å²) >= 11 is 9.39. The van der Waals surface area contributed by atoms with Crippen molar-refractivity contribution >= 4 is 45.0 Å². The van der Waals surface area contributed by atoms with Crippen molar-refractivity contribution in [1.82, 2.24) is 9.55 Å². The van der Waals surface area contributed by atoms with Crippen molar-refractivity contribution in [2.45, 2.75) is 6.92 Å². The molecule has 0 bridgehead atoms. The van der Waals surface area contributed by atoms with Crippen molar-refractivity contribution in [3.63, 3.8) is 0 Å². The number of hydrogen-bond acceptors (Lipinski definition) is 5. The Kier molecular flexibility index (Phi) is 7.37. The molecule has 0 aliphatic carbocycles. The van der Waals surface area contributed by atoms with Crippen LogP contribution in [0.5, 0.6) is 11.5 Å². The van der Waals surface area contributed by atoms with E-state index in [2.05, 4.69) is 26.2 Å². The van der Waals surface area contributed by atoms with Crippen molar-refractivity contribution in [1.29, 1.82) is 0 Å². The highest BCUT2D eigenvalue weighted by molar-refractivity contribution is 9.10. The first kappa shape index (κ1) is 26.0. The lowest BCUT2D eigenvalue weighted by atomic mass is 10.1. The molecule has 4 aromatic rings.